The Bertz CT molecular complexity index is 847. The molecule has 0 radical (unpaired) electrons. The highest BCUT2D eigenvalue weighted by molar-refractivity contribution is 6.01. The topological polar surface area (TPSA) is 90.3 Å². The summed E-state index contributed by atoms with van der Waals surface area (Å²) in [7, 11) is 0. The van der Waals surface area contributed by atoms with Crippen molar-refractivity contribution in [2.24, 2.45) is 0 Å². The van der Waals surface area contributed by atoms with E-state index in [0.29, 0.717) is 6.07 Å². The molecular weight excluding hydrogens is 343 g/mol. The quantitative estimate of drug-likeness (QED) is 0.846. The summed E-state index contributed by atoms with van der Waals surface area (Å²) in [6.45, 7) is 1.41. The standard InChI is InChI=1S/C15H12F3N3O4/c1-2-25-13(23)12-10(19-14(24)15(16,17)18)8-11(22)21(20-12)9-6-4-3-5-7-9/h3-8H,2H2,1H3,(H,19,24). The number of esters is 1. The highest BCUT2D eigenvalue weighted by Crippen LogP contribution is 2.20. The van der Waals surface area contributed by atoms with E-state index >= 15 is 0 Å². The highest BCUT2D eigenvalue weighted by atomic mass is 19.4. The molecule has 0 saturated heterocycles. The molecule has 1 heterocycles. The molecule has 25 heavy (non-hydrogen) atoms. The number of carbonyl (C=O) groups is 2. The van der Waals surface area contributed by atoms with Crippen LogP contribution in [-0.2, 0) is 9.53 Å². The molecule has 0 saturated carbocycles. The summed E-state index contributed by atoms with van der Waals surface area (Å²) >= 11 is 0. The van der Waals surface area contributed by atoms with E-state index in [9.17, 15) is 27.6 Å². The lowest BCUT2D eigenvalue weighted by Crippen LogP contribution is -2.33. The van der Waals surface area contributed by atoms with Crippen LogP contribution in [0.4, 0.5) is 18.9 Å². The third-order valence-corrected chi connectivity index (χ3v) is 2.91. The van der Waals surface area contributed by atoms with E-state index in [-0.39, 0.29) is 12.3 Å². The molecule has 10 heteroatoms. The van der Waals surface area contributed by atoms with Crippen LogP contribution in [0.1, 0.15) is 17.4 Å². The van der Waals surface area contributed by atoms with Gasteiger partial charge in [-0.2, -0.15) is 23.0 Å². The van der Waals surface area contributed by atoms with E-state index in [1.165, 1.54) is 24.4 Å². The van der Waals surface area contributed by atoms with Crippen molar-refractivity contribution in [1.29, 1.82) is 0 Å². The van der Waals surface area contributed by atoms with Crippen molar-refractivity contribution >= 4 is 17.6 Å². The second kappa shape index (κ2) is 7.16. The molecule has 0 aliphatic carbocycles. The summed E-state index contributed by atoms with van der Waals surface area (Å²) in [6.07, 6.45) is -5.19. The molecule has 0 aliphatic heterocycles. The zero-order chi connectivity index (χ0) is 18.6. The molecule has 132 valence electrons. The maximum absolute atomic E-state index is 12.4. The smallest absolute Gasteiger partial charge is 0.461 e. The molecular formula is C15H12F3N3O4. The molecule has 0 bridgehead atoms. The van der Waals surface area contributed by atoms with Crippen LogP contribution in [0, 0.1) is 0 Å². The Hall–Kier alpha value is -3.17. The van der Waals surface area contributed by atoms with Gasteiger partial charge in [0.25, 0.3) is 5.56 Å². The predicted molar refractivity (Wildman–Crippen MR) is 80.5 cm³/mol. The van der Waals surface area contributed by atoms with E-state index in [2.05, 4.69) is 5.10 Å². The van der Waals surface area contributed by atoms with Crippen LogP contribution in [0.3, 0.4) is 0 Å². The molecule has 0 spiro atoms. The average Bonchev–Trinajstić information content (AvgIpc) is 2.55. The van der Waals surface area contributed by atoms with Crippen molar-refractivity contribution in [2.75, 3.05) is 11.9 Å². The fraction of sp³-hybridized carbons (Fsp3) is 0.200. The monoisotopic (exact) mass is 355 g/mol. The fourth-order valence-corrected chi connectivity index (χ4v) is 1.85. The number of carbonyl (C=O) groups excluding carboxylic acids is 2. The maximum atomic E-state index is 12.4. The zero-order valence-electron chi connectivity index (χ0n) is 12.8. The van der Waals surface area contributed by atoms with Crippen molar-refractivity contribution in [3.8, 4) is 5.69 Å². The summed E-state index contributed by atoms with van der Waals surface area (Å²) in [5.41, 5.74) is -1.86. The summed E-state index contributed by atoms with van der Waals surface area (Å²) in [5.74, 6) is -3.42. The van der Waals surface area contributed by atoms with Crippen LogP contribution in [0.2, 0.25) is 0 Å². The number of halogens is 3. The minimum atomic E-state index is -5.19. The summed E-state index contributed by atoms with van der Waals surface area (Å²) < 4.78 is 42.8. The first-order valence-corrected chi connectivity index (χ1v) is 6.99. The van der Waals surface area contributed by atoms with Crippen molar-refractivity contribution < 1.29 is 27.5 Å². The number of anilines is 1. The van der Waals surface area contributed by atoms with Gasteiger partial charge in [0.05, 0.1) is 18.0 Å². The molecule has 1 N–H and O–H groups in total. The lowest BCUT2D eigenvalue weighted by atomic mass is 10.3. The number of alkyl halides is 3. The first-order chi connectivity index (χ1) is 11.7. The lowest BCUT2D eigenvalue weighted by molar-refractivity contribution is -0.167. The number of aromatic nitrogens is 2. The first kappa shape index (κ1) is 18.2. The van der Waals surface area contributed by atoms with Gasteiger partial charge in [0.2, 0.25) is 0 Å². The van der Waals surface area contributed by atoms with Crippen molar-refractivity contribution in [2.45, 2.75) is 13.1 Å². The van der Waals surface area contributed by atoms with Gasteiger partial charge in [0.1, 0.15) is 0 Å². The normalized spacial score (nSPS) is 11.0. The third-order valence-electron chi connectivity index (χ3n) is 2.91. The zero-order valence-corrected chi connectivity index (χ0v) is 12.8. The molecule has 1 aromatic heterocycles. The van der Waals surface area contributed by atoms with Gasteiger partial charge < -0.3 is 10.1 Å². The SMILES string of the molecule is CCOC(=O)c1nn(-c2ccccc2)c(=O)cc1NC(=O)C(F)(F)F. The van der Waals surface area contributed by atoms with Crippen LogP contribution >= 0.6 is 0 Å². The van der Waals surface area contributed by atoms with Gasteiger partial charge in [0.15, 0.2) is 5.69 Å². The van der Waals surface area contributed by atoms with Gasteiger partial charge in [-0.05, 0) is 19.1 Å². The molecule has 0 fully saturated rings. The van der Waals surface area contributed by atoms with Crippen molar-refractivity contribution in [3.63, 3.8) is 0 Å². The highest BCUT2D eigenvalue weighted by Gasteiger charge is 2.39. The van der Waals surface area contributed by atoms with E-state index in [1.807, 2.05) is 0 Å². The number of nitrogens with one attached hydrogen (secondary N) is 1. The largest absolute Gasteiger partial charge is 0.471 e. The van der Waals surface area contributed by atoms with Crippen LogP contribution in [0.15, 0.2) is 41.2 Å². The van der Waals surface area contributed by atoms with E-state index in [1.54, 1.807) is 18.2 Å². The molecule has 0 unspecified atom stereocenters. The maximum Gasteiger partial charge on any atom is 0.471 e. The van der Waals surface area contributed by atoms with Gasteiger partial charge in [-0.3, -0.25) is 9.59 Å². The third kappa shape index (κ3) is 4.22. The Morgan fingerprint density at radius 1 is 1.24 bits per heavy atom. The van der Waals surface area contributed by atoms with E-state index in [4.69, 9.17) is 4.74 Å². The number of para-hydroxylation sites is 1. The van der Waals surface area contributed by atoms with Gasteiger partial charge in [-0.25, -0.2) is 4.79 Å². The van der Waals surface area contributed by atoms with Crippen LogP contribution in [0.25, 0.3) is 5.69 Å². The minimum Gasteiger partial charge on any atom is -0.461 e. The van der Waals surface area contributed by atoms with E-state index in [0.717, 1.165) is 4.68 Å². The Morgan fingerprint density at radius 2 is 1.88 bits per heavy atom. The second-order valence-electron chi connectivity index (χ2n) is 4.66. The summed E-state index contributed by atoms with van der Waals surface area (Å²) in [6, 6.07) is 8.59. The van der Waals surface area contributed by atoms with Gasteiger partial charge in [-0.1, -0.05) is 18.2 Å². The van der Waals surface area contributed by atoms with Crippen molar-refractivity contribution in [3.05, 3.63) is 52.4 Å². The number of amides is 1. The van der Waals surface area contributed by atoms with Crippen molar-refractivity contribution in [1.82, 2.24) is 9.78 Å². The Kier molecular flexibility index (Phi) is 5.20. The minimum absolute atomic E-state index is 0.0718. The Balaban J connectivity index is 2.56. The molecule has 1 amide bonds. The van der Waals surface area contributed by atoms with Crippen LogP contribution in [0.5, 0.6) is 0 Å². The van der Waals surface area contributed by atoms with Gasteiger partial charge in [0, 0.05) is 6.07 Å². The lowest BCUT2D eigenvalue weighted by Gasteiger charge is -2.13. The van der Waals surface area contributed by atoms with Gasteiger partial charge in [-0.15, -0.1) is 0 Å². The number of hydrogen-bond donors (Lipinski definition) is 1. The molecule has 2 aromatic rings. The van der Waals surface area contributed by atoms with Gasteiger partial charge >= 0.3 is 18.1 Å². The summed E-state index contributed by atoms with van der Waals surface area (Å²) in [5, 5.41) is 5.21. The van der Waals surface area contributed by atoms with Crippen LogP contribution < -0.4 is 10.9 Å². The molecule has 2 rings (SSSR count). The molecule has 7 nitrogen and oxygen atoms in total. The number of hydrogen-bond acceptors (Lipinski definition) is 5. The average molecular weight is 355 g/mol. The molecule has 1 aromatic carbocycles. The van der Waals surface area contributed by atoms with E-state index < -0.39 is 35.0 Å². The predicted octanol–water partition coefficient (Wildman–Crippen LogP) is 1.91. The second-order valence-corrected chi connectivity index (χ2v) is 4.66. The first-order valence-electron chi connectivity index (χ1n) is 6.99. The number of nitrogens with zero attached hydrogens (tertiary/aromatic N) is 2. The Labute approximate surface area is 139 Å². The number of ether oxygens (including phenoxy) is 1. The number of benzene rings is 1. The number of rotatable bonds is 4. The van der Waals surface area contributed by atoms with Crippen LogP contribution in [-0.4, -0.2) is 34.4 Å². The molecule has 0 atom stereocenters. The molecule has 0 aliphatic rings. The Morgan fingerprint density at radius 3 is 2.44 bits per heavy atom. The fourth-order valence-electron chi connectivity index (χ4n) is 1.85. The summed E-state index contributed by atoms with van der Waals surface area (Å²) in [4.78, 5) is 35.2.